The first-order chi connectivity index (χ1) is 4.26. The summed E-state index contributed by atoms with van der Waals surface area (Å²) in [7, 11) is 0. The van der Waals surface area contributed by atoms with Crippen LogP contribution in [0.3, 0.4) is 0 Å². The summed E-state index contributed by atoms with van der Waals surface area (Å²) in [5.41, 5.74) is 0. The van der Waals surface area contributed by atoms with Gasteiger partial charge in [-0.3, -0.25) is 0 Å². The minimum Gasteiger partial charge on any atom is -0.396 e. The van der Waals surface area contributed by atoms with Crippen LogP contribution < -0.4 is 0 Å². The van der Waals surface area contributed by atoms with Gasteiger partial charge >= 0.3 is 0 Å². The number of rotatable bonds is 4. The maximum absolute atomic E-state index is 8.94. The van der Waals surface area contributed by atoms with Crippen LogP contribution in [0.5, 0.6) is 0 Å². The fraction of sp³-hybridized carbons (Fsp3) is 1.00. The van der Waals surface area contributed by atoms with Gasteiger partial charge in [0.15, 0.2) is 0 Å². The highest BCUT2D eigenvalue weighted by atomic mass is 35.5. The molecule has 0 amide bonds. The lowest BCUT2D eigenvalue weighted by atomic mass is 10.1. The Balaban J connectivity index is 3.50. The van der Waals surface area contributed by atoms with Crippen molar-refractivity contribution in [1.29, 1.82) is 0 Å². The normalized spacial score (nSPS) is 17.3. The van der Waals surface area contributed by atoms with Gasteiger partial charge in [0.1, 0.15) is 0 Å². The molecule has 4 heteroatoms. The molecule has 0 rings (SSSR count). The third kappa shape index (κ3) is 3.26. The van der Waals surface area contributed by atoms with E-state index in [0.717, 1.165) is 0 Å². The topological polar surface area (TPSA) is 40.5 Å². The first kappa shape index (κ1) is 9.50. The second kappa shape index (κ2) is 5.30. The Morgan fingerprint density at radius 1 is 1.22 bits per heavy atom. The molecule has 0 saturated carbocycles. The fourth-order valence-electron chi connectivity index (χ4n) is 0.399. The Hall–Kier alpha value is 0.500. The number of aliphatic hydroxyl groups is 2. The fourth-order valence-corrected chi connectivity index (χ4v) is 0.955. The van der Waals surface area contributed by atoms with E-state index in [-0.39, 0.29) is 24.3 Å². The Morgan fingerprint density at radius 2 is 1.78 bits per heavy atom. The van der Waals surface area contributed by atoms with Gasteiger partial charge in [-0.25, -0.2) is 0 Å². The molecule has 0 spiro atoms. The van der Waals surface area contributed by atoms with E-state index in [1.165, 1.54) is 0 Å². The van der Waals surface area contributed by atoms with Gasteiger partial charge in [-0.1, -0.05) is 0 Å². The summed E-state index contributed by atoms with van der Waals surface area (Å²) in [4.78, 5) is 0. The quantitative estimate of drug-likeness (QED) is 0.605. The number of aliphatic hydroxyl groups excluding tert-OH is 2. The van der Waals surface area contributed by atoms with Crippen molar-refractivity contribution >= 4 is 23.2 Å². The zero-order valence-electron chi connectivity index (χ0n) is 4.93. The summed E-state index contributed by atoms with van der Waals surface area (Å²) < 4.78 is 0. The molecule has 0 aromatic carbocycles. The van der Waals surface area contributed by atoms with Crippen LogP contribution in [0.4, 0.5) is 0 Å². The van der Waals surface area contributed by atoms with Gasteiger partial charge in [0.05, 0.1) is 6.10 Å². The molecule has 2 atom stereocenters. The van der Waals surface area contributed by atoms with Gasteiger partial charge in [0, 0.05) is 24.3 Å². The third-order valence-electron chi connectivity index (χ3n) is 1.13. The van der Waals surface area contributed by atoms with Crippen molar-refractivity contribution in [2.45, 2.75) is 6.10 Å². The average Bonchev–Trinajstić information content (AvgIpc) is 1.90. The summed E-state index contributed by atoms with van der Waals surface area (Å²) in [5.74, 6) is 0.0756. The van der Waals surface area contributed by atoms with Crippen LogP contribution in [0.15, 0.2) is 0 Å². The monoisotopic (exact) mass is 172 g/mol. The third-order valence-corrected chi connectivity index (χ3v) is 1.85. The van der Waals surface area contributed by atoms with Crippen LogP contribution in [-0.4, -0.2) is 34.7 Å². The SMILES string of the molecule is OCC(CCl)C(O)CCl. The molecule has 0 aromatic rings. The van der Waals surface area contributed by atoms with E-state index >= 15 is 0 Å². The zero-order valence-corrected chi connectivity index (χ0v) is 6.44. The zero-order chi connectivity index (χ0) is 7.28. The number of halogens is 2. The van der Waals surface area contributed by atoms with Crippen molar-refractivity contribution in [1.82, 2.24) is 0 Å². The minimum absolute atomic E-state index is 0.114. The lowest BCUT2D eigenvalue weighted by Crippen LogP contribution is -2.26. The Morgan fingerprint density at radius 3 is 1.89 bits per heavy atom. The van der Waals surface area contributed by atoms with Crippen molar-refractivity contribution in [3.05, 3.63) is 0 Å². The van der Waals surface area contributed by atoms with E-state index in [1.54, 1.807) is 0 Å². The molecule has 0 aliphatic carbocycles. The Labute approximate surface area is 64.4 Å². The van der Waals surface area contributed by atoms with E-state index < -0.39 is 6.10 Å². The van der Waals surface area contributed by atoms with E-state index in [9.17, 15) is 0 Å². The molecule has 2 unspecified atom stereocenters. The van der Waals surface area contributed by atoms with Gasteiger partial charge in [-0.05, 0) is 0 Å². The van der Waals surface area contributed by atoms with Crippen molar-refractivity contribution in [2.75, 3.05) is 18.4 Å². The highest BCUT2D eigenvalue weighted by Crippen LogP contribution is 2.06. The van der Waals surface area contributed by atoms with Gasteiger partial charge in [-0.15, -0.1) is 23.2 Å². The van der Waals surface area contributed by atoms with Crippen molar-refractivity contribution in [3.63, 3.8) is 0 Å². The minimum atomic E-state index is -0.686. The molecule has 0 fully saturated rings. The summed E-state index contributed by atoms with van der Waals surface area (Å²) in [6.45, 7) is -0.114. The largest absolute Gasteiger partial charge is 0.396 e. The molecule has 0 aliphatic rings. The van der Waals surface area contributed by atoms with Crippen LogP contribution in [0.1, 0.15) is 0 Å². The highest BCUT2D eigenvalue weighted by molar-refractivity contribution is 6.19. The molecule has 56 valence electrons. The van der Waals surface area contributed by atoms with Crippen LogP contribution in [-0.2, 0) is 0 Å². The first-order valence-electron chi connectivity index (χ1n) is 2.67. The van der Waals surface area contributed by atoms with Crippen LogP contribution >= 0.6 is 23.2 Å². The van der Waals surface area contributed by atoms with E-state index in [2.05, 4.69) is 0 Å². The number of hydrogen-bond acceptors (Lipinski definition) is 2. The molecular formula is C5H10Cl2O2. The lowest BCUT2D eigenvalue weighted by molar-refractivity contribution is 0.0956. The van der Waals surface area contributed by atoms with Crippen LogP contribution in [0.25, 0.3) is 0 Å². The van der Waals surface area contributed by atoms with Gasteiger partial charge in [-0.2, -0.15) is 0 Å². The summed E-state index contributed by atoms with van der Waals surface area (Å²) >= 11 is 10.6. The maximum Gasteiger partial charge on any atom is 0.0736 e. The highest BCUT2D eigenvalue weighted by Gasteiger charge is 2.15. The van der Waals surface area contributed by atoms with Crippen molar-refractivity contribution in [2.24, 2.45) is 5.92 Å². The lowest BCUT2D eigenvalue weighted by Gasteiger charge is -2.14. The van der Waals surface area contributed by atoms with Gasteiger partial charge < -0.3 is 10.2 Å². The summed E-state index contributed by atoms with van der Waals surface area (Å²) in [5, 5.41) is 17.5. The molecule has 0 aliphatic heterocycles. The molecule has 0 aromatic heterocycles. The van der Waals surface area contributed by atoms with E-state index in [1.807, 2.05) is 0 Å². The first-order valence-corrected chi connectivity index (χ1v) is 3.74. The second-order valence-electron chi connectivity index (χ2n) is 1.82. The molecular weight excluding hydrogens is 163 g/mol. The van der Waals surface area contributed by atoms with Crippen LogP contribution in [0, 0.1) is 5.92 Å². The van der Waals surface area contributed by atoms with Crippen molar-refractivity contribution < 1.29 is 10.2 Å². The van der Waals surface area contributed by atoms with E-state index in [4.69, 9.17) is 33.4 Å². The average molecular weight is 173 g/mol. The molecule has 9 heavy (non-hydrogen) atoms. The Bertz CT molecular complexity index is 66.0. The molecule has 2 N–H and O–H groups in total. The smallest absolute Gasteiger partial charge is 0.0736 e. The summed E-state index contributed by atoms with van der Waals surface area (Å²) in [6, 6.07) is 0. The van der Waals surface area contributed by atoms with Crippen molar-refractivity contribution in [3.8, 4) is 0 Å². The summed E-state index contributed by atoms with van der Waals surface area (Å²) in [6.07, 6.45) is -0.686. The molecule has 0 bridgehead atoms. The maximum atomic E-state index is 8.94. The predicted molar refractivity (Wildman–Crippen MR) is 38.0 cm³/mol. The van der Waals surface area contributed by atoms with Gasteiger partial charge in [0.2, 0.25) is 0 Å². The molecule has 0 heterocycles. The standard InChI is InChI=1S/C5H10Cl2O2/c6-1-4(3-8)5(9)2-7/h4-5,8-9H,1-3H2. The number of hydrogen-bond donors (Lipinski definition) is 2. The van der Waals surface area contributed by atoms with E-state index in [0.29, 0.717) is 0 Å². The van der Waals surface area contributed by atoms with Gasteiger partial charge in [0.25, 0.3) is 0 Å². The molecule has 2 nitrogen and oxygen atoms in total. The molecule has 0 radical (unpaired) electrons. The Kier molecular flexibility index (Phi) is 5.59. The van der Waals surface area contributed by atoms with Crippen LogP contribution in [0.2, 0.25) is 0 Å². The second-order valence-corrected chi connectivity index (χ2v) is 2.44. The predicted octanol–water partition coefficient (Wildman–Crippen LogP) is 0.433. The number of alkyl halides is 2. The molecule has 0 saturated heterocycles.